The third kappa shape index (κ3) is 4.63. The SMILES string of the molecule is CCn1nc(C)c(CN=C(N)NC2CCCC2)n1.I. The first-order valence-corrected chi connectivity index (χ1v) is 6.66. The minimum atomic E-state index is 0. The summed E-state index contributed by atoms with van der Waals surface area (Å²) in [7, 11) is 0. The molecule has 6 nitrogen and oxygen atoms in total. The number of nitrogens with two attached hydrogens (primary N) is 1. The molecule has 0 spiro atoms. The van der Waals surface area contributed by atoms with Gasteiger partial charge in [-0.05, 0) is 26.7 Å². The number of nitrogens with zero attached hydrogens (tertiary/aromatic N) is 4. The highest BCUT2D eigenvalue weighted by Gasteiger charge is 2.15. The van der Waals surface area contributed by atoms with Gasteiger partial charge in [0.25, 0.3) is 0 Å². The highest BCUT2D eigenvalue weighted by atomic mass is 127. The van der Waals surface area contributed by atoms with Crippen molar-refractivity contribution >= 4 is 29.9 Å². The predicted molar refractivity (Wildman–Crippen MR) is 86.6 cm³/mol. The van der Waals surface area contributed by atoms with E-state index in [1.807, 2.05) is 13.8 Å². The van der Waals surface area contributed by atoms with Gasteiger partial charge in [0.15, 0.2) is 5.96 Å². The van der Waals surface area contributed by atoms with Crippen LogP contribution < -0.4 is 11.1 Å². The minimum absolute atomic E-state index is 0. The molecule has 1 saturated carbocycles. The molecule has 19 heavy (non-hydrogen) atoms. The van der Waals surface area contributed by atoms with Crippen LogP contribution in [0.1, 0.15) is 44.0 Å². The lowest BCUT2D eigenvalue weighted by Gasteiger charge is -2.11. The zero-order valence-corrected chi connectivity index (χ0v) is 13.9. The molecule has 0 saturated heterocycles. The Labute approximate surface area is 131 Å². The quantitative estimate of drug-likeness (QED) is 0.474. The molecule has 0 aromatic carbocycles. The first-order valence-electron chi connectivity index (χ1n) is 6.66. The summed E-state index contributed by atoms with van der Waals surface area (Å²) in [5, 5.41) is 11.9. The van der Waals surface area contributed by atoms with Crippen LogP contribution in [0.3, 0.4) is 0 Å². The summed E-state index contributed by atoms with van der Waals surface area (Å²) in [5.41, 5.74) is 7.70. The largest absolute Gasteiger partial charge is 0.370 e. The molecule has 1 fully saturated rings. The van der Waals surface area contributed by atoms with E-state index in [2.05, 4.69) is 20.5 Å². The van der Waals surface area contributed by atoms with Crippen LogP contribution in [0.4, 0.5) is 0 Å². The van der Waals surface area contributed by atoms with E-state index in [9.17, 15) is 0 Å². The van der Waals surface area contributed by atoms with Crippen LogP contribution in [-0.4, -0.2) is 27.0 Å². The van der Waals surface area contributed by atoms with Crippen molar-refractivity contribution in [3.63, 3.8) is 0 Å². The molecule has 3 N–H and O–H groups in total. The van der Waals surface area contributed by atoms with E-state index in [0.717, 1.165) is 17.9 Å². The van der Waals surface area contributed by atoms with Crippen LogP contribution in [0.5, 0.6) is 0 Å². The standard InChI is InChI=1S/C12H22N6.HI/c1-3-18-16-9(2)11(17-18)8-14-12(13)15-10-6-4-5-7-10;/h10H,3-8H2,1-2H3,(H3,13,14,15);1H. The first kappa shape index (κ1) is 16.2. The van der Waals surface area contributed by atoms with E-state index >= 15 is 0 Å². The average molecular weight is 378 g/mol. The molecule has 7 heteroatoms. The van der Waals surface area contributed by atoms with Crippen LogP contribution in [-0.2, 0) is 13.1 Å². The smallest absolute Gasteiger partial charge is 0.189 e. The molecule has 1 aliphatic carbocycles. The number of aliphatic imine (C=N–C) groups is 1. The Bertz CT molecular complexity index is 422. The molecule has 1 aliphatic rings. The van der Waals surface area contributed by atoms with Crippen molar-refractivity contribution < 1.29 is 0 Å². The van der Waals surface area contributed by atoms with Gasteiger partial charge in [0.05, 0.1) is 18.8 Å². The molecule has 1 aromatic rings. The second-order valence-corrected chi connectivity index (χ2v) is 4.75. The molecule has 0 bridgehead atoms. The lowest BCUT2D eigenvalue weighted by molar-refractivity contribution is 0.561. The Kier molecular flexibility index (Phi) is 6.53. The third-order valence-electron chi connectivity index (χ3n) is 3.31. The Hall–Kier alpha value is -0.860. The second kappa shape index (κ2) is 7.66. The van der Waals surface area contributed by atoms with E-state index in [1.165, 1.54) is 25.7 Å². The number of hydrogen-bond acceptors (Lipinski definition) is 3. The van der Waals surface area contributed by atoms with Gasteiger partial charge in [-0.25, -0.2) is 4.99 Å². The summed E-state index contributed by atoms with van der Waals surface area (Å²) in [6, 6.07) is 0.501. The summed E-state index contributed by atoms with van der Waals surface area (Å²) in [6.07, 6.45) is 4.96. The Morgan fingerprint density at radius 2 is 2.11 bits per heavy atom. The maximum absolute atomic E-state index is 5.87. The minimum Gasteiger partial charge on any atom is -0.370 e. The lowest BCUT2D eigenvalue weighted by atomic mass is 10.2. The van der Waals surface area contributed by atoms with Crippen LogP contribution in [0.2, 0.25) is 0 Å². The number of aryl methyl sites for hydroxylation is 2. The van der Waals surface area contributed by atoms with E-state index in [0.29, 0.717) is 18.5 Å². The van der Waals surface area contributed by atoms with E-state index in [4.69, 9.17) is 5.73 Å². The van der Waals surface area contributed by atoms with Crippen molar-refractivity contribution in [2.45, 2.75) is 58.7 Å². The first-order chi connectivity index (χ1) is 8.69. The van der Waals surface area contributed by atoms with Crippen molar-refractivity contribution in [2.75, 3.05) is 0 Å². The normalized spacial score (nSPS) is 16.4. The van der Waals surface area contributed by atoms with Gasteiger partial charge in [-0.15, -0.1) is 24.0 Å². The fraction of sp³-hybridized carbons (Fsp3) is 0.750. The van der Waals surface area contributed by atoms with Crippen molar-refractivity contribution in [1.29, 1.82) is 0 Å². The van der Waals surface area contributed by atoms with Gasteiger partial charge >= 0.3 is 0 Å². The topological polar surface area (TPSA) is 81.1 Å². The van der Waals surface area contributed by atoms with Crippen LogP contribution >= 0.6 is 24.0 Å². The molecular formula is C12H23IN6. The van der Waals surface area contributed by atoms with Gasteiger partial charge in [-0.1, -0.05) is 12.8 Å². The van der Waals surface area contributed by atoms with Crippen LogP contribution in [0, 0.1) is 6.92 Å². The monoisotopic (exact) mass is 378 g/mol. The molecule has 1 heterocycles. The van der Waals surface area contributed by atoms with Crippen LogP contribution in [0.15, 0.2) is 4.99 Å². The van der Waals surface area contributed by atoms with Crippen molar-refractivity contribution in [3.8, 4) is 0 Å². The molecule has 108 valence electrons. The number of guanidine groups is 1. The van der Waals surface area contributed by atoms with Gasteiger partial charge in [-0.2, -0.15) is 15.0 Å². The highest BCUT2D eigenvalue weighted by molar-refractivity contribution is 14.0. The summed E-state index contributed by atoms with van der Waals surface area (Å²) in [5.74, 6) is 0.521. The summed E-state index contributed by atoms with van der Waals surface area (Å²) >= 11 is 0. The van der Waals surface area contributed by atoms with E-state index < -0.39 is 0 Å². The molecule has 0 amide bonds. The number of aromatic nitrogens is 3. The zero-order valence-electron chi connectivity index (χ0n) is 11.6. The Balaban J connectivity index is 0.00000180. The number of halogens is 1. The van der Waals surface area contributed by atoms with Gasteiger partial charge < -0.3 is 11.1 Å². The lowest BCUT2D eigenvalue weighted by Crippen LogP contribution is -2.38. The number of rotatable bonds is 4. The van der Waals surface area contributed by atoms with Crippen molar-refractivity contribution in [2.24, 2.45) is 10.7 Å². The maximum Gasteiger partial charge on any atom is 0.189 e. The summed E-state index contributed by atoms with van der Waals surface area (Å²) in [6.45, 7) is 5.24. The molecule has 1 aromatic heterocycles. The highest BCUT2D eigenvalue weighted by Crippen LogP contribution is 2.17. The molecule has 0 atom stereocenters. The van der Waals surface area contributed by atoms with Crippen molar-refractivity contribution in [3.05, 3.63) is 11.4 Å². The number of hydrogen-bond donors (Lipinski definition) is 2. The predicted octanol–water partition coefficient (Wildman–Crippen LogP) is 1.57. The van der Waals surface area contributed by atoms with Gasteiger partial charge in [0.2, 0.25) is 0 Å². The second-order valence-electron chi connectivity index (χ2n) is 4.75. The third-order valence-corrected chi connectivity index (χ3v) is 3.31. The summed E-state index contributed by atoms with van der Waals surface area (Å²) in [4.78, 5) is 6.02. The van der Waals surface area contributed by atoms with Crippen LogP contribution in [0.25, 0.3) is 0 Å². The zero-order chi connectivity index (χ0) is 13.0. The fourth-order valence-corrected chi connectivity index (χ4v) is 2.24. The Morgan fingerprint density at radius 1 is 1.42 bits per heavy atom. The molecular weight excluding hydrogens is 355 g/mol. The Morgan fingerprint density at radius 3 is 2.68 bits per heavy atom. The van der Waals surface area contributed by atoms with Gasteiger partial charge in [0.1, 0.15) is 5.69 Å². The van der Waals surface area contributed by atoms with Crippen molar-refractivity contribution in [1.82, 2.24) is 20.3 Å². The van der Waals surface area contributed by atoms with E-state index in [-0.39, 0.29) is 24.0 Å². The maximum atomic E-state index is 5.87. The van der Waals surface area contributed by atoms with E-state index in [1.54, 1.807) is 4.80 Å². The fourth-order valence-electron chi connectivity index (χ4n) is 2.24. The molecule has 2 rings (SSSR count). The average Bonchev–Trinajstić information content (AvgIpc) is 2.96. The summed E-state index contributed by atoms with van der Waals surface area (Å²) < 4.78 is 0. The van der Waals surface area contributed by atoms with Gasteiger partial charge in [-0.3, -0.25) is 0 Å². The number of nitrogens with one attached hydrogen (secondary N) is 1. The molecule has 0 radical (unpaired) electrons. The molecule has 0 unspecified atom stereocenters. The van der Waals surface area contributed by atoms with Gasteiger partial charge in [0, 0.05) is 6.04 Å². The molecule has 0 aliphatic heterocycles.